The molecule has 1 aliphatic rings. The number of ether oxygens (including phenoxy) is 1. The molecule has 16 heavy (non-hydrogen) atoms. The minimum atomic E-state index is -0.204. The van der Waals surface area contributed by atoms with Crippen molar-refractivity contribution in [3.05, 3.63) is 29.6 Å². The summed E-state index contributed by atoms with van der Waals surface area (Å²) in [6, 6.07) is 4.66. The lowest BCUT2D eigenvalue weighted by atomic mass is 10.0. The zero-order valence-electron chi connectivity index (χ0n) is 9.63. The fraction of sp³-hybridized carbons (Fsp3) is 0.538. The van der Waals surface area contributed by atoms with Crippen LogP contribution in [0.3, 0.4) is 0 Å². The van der Waals surface area contributed by atoms with Gasteiger partial charge in [-0.15, -0.1) is 0 Å². The van der Waals surface area contributed by atoms with Crippen molar-refractivity contribution in [2.45, 2.75) is 37.6 Å². The summed E-state index contributed by atoms with van der Waals surface area (Å²) in [6.07, 6.45) is 5.11. The molecule has 1 aromatic rings. The predicted molar refractivity (Wildman–Crippen MR) is 62.0 cm³/mol. The zero-order chi connectivity index (χ0) is 11.6. The first-order chi connectivity index (χ1) is 7.63. The van der Waals surface area contributed by atoms with E-state index in [0.29, 0.717) is 0 Å². The van der Waals surface area contributed by atoms with Crippen molar-refractivity contribution in [3.63, 3.8) is 0 Å². The maximum Gasteiger partial charge on any atom is 0.123 e. The number of halogens is 1. The third-order valence-electron chi connectivity index (χ3n) is 3.26. The molecule has 0 radical (unpaired) electrons. The Labute approximate surface area is 95.6 Å². The van der Waals surface area contributed by atoms with Gasteiger partial charge in [0, 0.05) is 5.54 Å². The molecule has 1 aromatic carbocycles. The average Bonchev–Trinajstić information content (AvgIpc) is 2.97. The molecule has 3 heteroatoms. The summed E-state index contributed by atoms with van der Waals surface area (Å²) in [6.45, 7) is 0. The fourth-order valence-corrected chi connectivity index (χ4v) is 1.98. The van der Waals surface area contributed by atoms with E-state index in [1.807, 2.05) is 0 Å². The Morgan fingerprint density at radius 2 is 2.19 bits per heavy atom. The van der Waals surface area contributed by atoms with Crippen LogP contribution in [0, 0.1) is 5.82 Å². The van der Waals surface area contributed by atoms with Crippen LogP contribution in [0.2, 0.25) is 0 Å². The van der Waals surface area contributed by atoms with E-state index in [1.165, 1.54) is 6.07 Å². The topological polar surface area (TPSA) is 35.2 Å². The lowest BCUT2D eigenvalue weighted by molar-refractivity contribution is 0.407. The molecule has 2 nitrogen and oxygen atoms in total. The summed E-state index contributed by atoms with van der Waals surface area (Å²) in [5.41, 5.74) is 7.03. The SMILES string of the molecule is COc1ccc(F)cc1CCCC1(N)CC1. The molecular formula is C13H18FNO. The molecule has 0 atom stereocenters. The Balaban J connectivity index is 1.94. The summed E-state index contributed by atoms with van der Waals surface area (Å²) in [5, 5.41) is 0. The van der Waals surface area contributed by atoms with Crippen LogP contribution in [0.25, 0.3) is 0 Å². The minimum absolute atomic E-state index is 0.0839. The van der Waals surface area contributed by atoms with Crippen LogP contribution in [0.1, 0.15) is 31.2 Å². The molecule has 0 aromatic heterocycles. The van der Waals surface area contributed by atoms with Crippen molar-refractivity contribution in [1.29, 1.82) is 0 Å². The first kappa shape index (κ1) is 11.4. The first-order valence-corrected chi connectivity index (χ1v) is 5.74. The lowest BCUT2D eigenvalue weighted by Gasteiger charge is -2.10. The molecule has 88 valence electrons. The maximum absolute atomic E-state index is 13.1. The normalized spacial score (nSPS) is 17.2. The van der Waals surface area contributed by atoms with Crippen LogP contribution >= 0.6 is 0 Å². The molecule has 0 amide bonds. The monoisotopic (exact) mass is 223 g/mol. The van der Waals surface area contributed by atoms with Crippen molar-refractivity contribution < 1.29 is 9.13 Å². The van der Waals surface area contributed by atoms with E-state index in [-0.39, 0.29) is 11.4 Å². The van der Waals surface area contributed by atoms with E-state index in [2.05, 4.69) is 0 Å². The Hall–Kier alpha value is -1.09. The summed E-state index contributed by atoms with van der Waals surface area (Å²) < 4.78 is 18.3. The van der Waals surface area contributed by atoms with Gasteiger partial charge in [0.1, 0.15) is 11.6 Å². The van der Waals surface area contributed by atoms with Gasteiger partial charge in [0.25, 0.3) is 0 Å². The van der Waals surface area contributed by atoms with Crippen LogP contribution in [0.15, 0.2) is 18.2 Å². The van der Waals surface area contributed by atoms with Gasteiger partial charge in [0.05, 0.1) is 7.11 Å². The molecule has 1 aliphatic carbocycles. The Kier molecular flexibility index (Phi) is 3.15. The molecule has 2 N–H and O–H groups in total. The molecule has 0 bridgehead atoms. The number of nitrogens with two attached hydrogens (primary N) is 1. The van der Waals surface area contributed by atoms with E-state index in [0.717, 1.165) is 43.4 Å². The van der Waals surface area contributed by atoms with Gasteiger partial charge in [-0.2, -0.15) is 0 Å². The van der Waals surface area contributed by atoms with Gasteiger partial charge in [-0.1, -0.05) is 0 Å². The van der Waals surface area contributed by atoms with Gasteiger partial charge in [0.15, 0.2) is 0 Å². The summed E-state index contributed by atoms with van der Waals surface area (Å²) in [7, 11) is 1.61. The standard InChI is InChI=1S/C13H18FNO/c1-16-12-5-4-11(14)9-10(12)3-2-6-13(15)7-8-13/h4-5,9H,2-3,6-8,15H2,1H3. The maximum atomic E-state index is 13.1. The molecule has 1 fully saturated rings. The van der Waals surface area contributed by atoms with Crippen molar-refractivity contribution in [2.75, 3.05) is 7.11 Å². The second-order valence-electron chi connectivity index (χ2n) is 4.67. The number of hydrogen-bond acceptors (Lipinski definition) is 2. The van der Waals surface area contributed by atoms with E-state index >= 15 is 0 Å². The second-order valence-corrected chi connectivity index (χ2v) is 4.67. The third-order valence-corrected chi connectivity index (χ3v) is 3.26. The number of hydrogen-bond donors (Lipinski definition) is 1. The molecule has 0 unspecified atom stereocenters. The van der Waals surface area contributed by atoms with Gasteiger partial charge >= 0.3 is 0 Å². The number of benzene rings is 1. The Morgan fingerprint density at radius 3 is 2.81 bits per heavy atom. The van der Waals surface area contributed by atoms with Gasteiger partial charge < -0.3 is 10.5 Å². The van der Waals surface area contributed by atoms with Crippen molar-refractivity contribution in [1.82, 2.24) is 0 Å². The molecule has 0 aliphatic heterocycles. The molecule has 0 heterocycles. The van der Waals surface area contributed by atoms with Crippen molar-refractivity contribution in [3.8, 4) is 5.75 Å². The summed E-state index contributed by atoms with van der Waals surface area (Å²) in [4.78, 5) is 0. The first-order valence-electron chi connectivity index (χ1n) is 5.74. The fourth-order valence-electron chi connectivity index (χ4n) is 1.98. The van der Waals surface area contributed by atoms with Crippen LogP contribution in [0.4, 0.5) is 4.39 Å². The molecule has 0 saturated heterocycles. The van der Waals surface area contributed by atoms with Crippen molar-refractivity contribution in [2.24, 2.45) is 5.73 Å². The van der Waals surface area contributed by atoms with Gasteiger partial charge in [-0.05, 0) is 55.9 Å². The average molecular weight is 223 g/mol. The highest BCUT2D eigenvalue weighted by molar-refractivity contribution is 5.34. The van der Waals surface area contributed by atoms with Crippen molar-refractivity contribution >= 4 is 0 Å². The quantitative estimate of drug-likeness (QED) is 0.832. The molecular weight excluding hydrogens is 205 g/mol. The smallest absolute Gasteiger partial charge is 0.123 e. The minimum Gasteiger partial charge on any atom is -0.496 e. The van der Waals surface area contributed by atoms with Crippen LogP contribution < -0.4 is 10.5 Å². The van der Waals surface area contributed by atoms with E-state index in [1.54, 1.807) is 19.2 Å². The van der Waals surface area contributed by atoms with E-state index < -0.39 is 0 Å². The highest BCUT2D eigenvalue weighted by Crippen LogP contribution is 2.37. The predicted octanol–water partition coefficient (Wildman–Crippen LogP) is 2.65. The Morgan fingerprint density at radius 1 is 1.44 bits per heavy atom. The molecule has 2 rings (SSSR count). The number of aryl methyl sites for hydroxylation is 1. The summed E-state index contributed by atoms with van der Waals surface area (Å²) >= 11 is 0. The third kappa shape index (κ3) is 2.73. The zero-order valence-corrected chi connectivity index (χ0v) is 9.63. The molecule has 1 saturated carbocycles. The summed E-state index contributed by atoms with van der Waals surface area (Å²) in [5.74, 6) is 0.563. The highest BCUT2D eigenvalue weighted by atomic mass is 19.1. The van der Waals surface area contributed by atoms with Gasteiger partial charge in [0.2, 0.25) is 0 Å². The van der Waals surface area contributed by atoms with Gasteiger partial charge in [-0.25, -0.2) is 4.39 Å². The van der Waals surface area contributed by atoms with Crippen LogP contribution in [-0.2, 0) is 6.42 Å². The largest absolute Gasteiger partial charge is 0.496 e. The number of rotatable bonds is 5. The van der Waals surface area contributed by atoms with Crippen LogP contribution in [-0.4, -0.2) is 12.6 Å². The van der Waals surface area contributed by atoms with E-state index in [4.69, 9.17) is 10.5 Å². The Bertz CT molecular complexity index is 374. The second kappa shape index (κ2) is 4.42. The highest BCUT2D eigenvalue weighted by Gasteiger charge is 2.37. The van der Waals surface area contributed by atoms with E-state index in [9.17, 15) is 4.39 Å². The van der Waals surface area contributed by atoms with Crippen LogP contribution in [0.5, 0.6) is 5.75 Å². The molecule has 0 spiro atoms. The number of methoxy groups -OCH3 is 1. The lowest BCUT2D eigenvalue weighted by Crippen LogP contribution is -2.21. The van der Waals surface area contributed by atoms with Gasteiger partial charge in [-0.3, -0.25) is 0 Å².